The summed E-state index contributed by atoms with van der Waals surface area (Å²) in [5, 5.41) is 18.6. The quantitative estimate of drug-likeness (QED) is 0.0836. The molecule has 0 atom stereocenters. The van der Waals surface area contributed by atoms with Crippen LogP contribution >= 0.6 is 0 Å². The highest BCUT2D eigenvalue weighted by Gasteiger charge is 2.32. The molecule has 0 saturated carbocycles. The van der Waals surface area contributed by atoms with Crippen LogP contribution in [-0.2, 0) is 0 Å². The minimum atomic E-state index is 0.827. The summed E-state index contributed by atoms with van der Waals surface area (Å²) in [7, 11) is 0. The van der Waals surface area contributed by atoms with Crippen LogP contribution in [0.25, 0.3) is 186 Å². The Morgan fingerprint density at radius 2 is 0.456 bits per heavy atom. The molecule has 0 fully saturated rings. The van der Waals surface area contributed by atoms with Gasteiger partial charge in [0.2, 0.25) is 0 Å². The molecular weight excluding hydrogens is 1810 g/mol. The molecule has 702 valence electrons. The predicted octanol–water partition coefficient (Wildman–Crippen LogP) is 40.8. The number of hydrogen-bond donors (Lipinski definition) is 0. The van der Waals surface area contributed by atoms with Crippen LogP contribution in [0.1, 0.15) is 16.7 Å². The van der Waals surface area contributed by atoms with E-state index in [9.17, 15) is 0 Å². The first-order chi connectivity index (χ1) is 73.7. The third-order valence-corrected chi connectivity index (χ3v) is 30.1. The summed E-state index contributed by atoms with van der Waals surface area (Å²) in [6.45, 7) is 6.58. The lowest BCUT2D eigenvalue weighted by atomic mass is 9.86. The summed E-state index contributed by atoms with van der Waals surface area (Å²) in [6, 6.07) is 185. The summed E-state index contributed by atoms with van der Waals surface area (Å²) >= 11 is 0. The van der Waals surface area contributed by atoms with Crippen molar-refractivity contribution in [2.45, 2.75) is 20.8 Å². The molecule has 2 aliphatic rings. The van der Waals surface area contributed by atoms with E-state index in [2.05, 4.69) is 544 Å². The standard InChI is InChI=1S/C72H46N2O2.C69H48N2O2/c1-4-20-47(21-5-1)53-26-12-15-33-65(53)73(50-24-8-3-9-25-50)52-42-43-58-64-46-62-56-29-11-10-28-55(56)61(45-63(62)59-31-19-37-69(71(59)64)75-70(58)44-52)49-38-40-51(41-39-49)74(66-34-16-13-27-54(66)48-22-6-2-7-23-48)67-35-18-32-60-57-30-14-17-36-68(57)76-72(60)67;1-43-38-44(2)68(45(3)39-43)70(48-20-8-5-9-21-48)50-36-37-55-61-42-59-53-24-11-10-23-52(53)58(41-60(59)56-26-17-31-65(67(56)61)72-66(55)40-50)47-32-34-49(35-33-47)71(62-28-14-12-22-51(62)46-18-6-4-7-19-46)63-29-16-27-57-54-25-13-15-30-64(54)73-69(57)63/h1-46H;4-42H,1-3H3. The highest BCUT2D eigenvalue weighted by molar-refractivity contribution is 6.28. The van der Waals surface area contributed by atoms with Crippen LogP contribution in [0.15, 0.2) is 524 Å². The van der Waals surface area contributed by atoms with Gasteiger partial charge >= 0.3 is 0 Å². The second-order valence-electron chi connectivity index (χ2n) is 38.9. The number of nitrogens with zero attached hydrogens (tertiary/aromatic N) is 4. The van der Waals surface area contributed by atoms with Gasteiger partial charge in [-0.15, -0.1) is 0 Å². The lowest BCUT2D eigenvalue weighted by Crippen LogP contribution is -2.13. The molecule has 0 bridgehead atoms. The number of para-hydroxylation sites is 9. The Bertz CT molecular complexity index is 10000. The molecule has 0 amide bonds. The van der Waals surface area contributed by atoms with Gasteiger partial charge in [-0.2, -0.15) is 0 Å². The van der Waals surface area contributed by atoms with E-state index < -0.39 is 0 Å². The van der Waals surface area contributed by atoms with Gasteiger partial charge in [0, 0.05) is 106 Å². The first kappa shape index (κ1) is 87.3. The van der Waals surface area contributed by atoms with Crippen LogP contribution in [-0.4, -0.2) is 0 Å². The Balaban J connectivity index is 0.000000143. The van der Waals surface area contributed by atoms with Crippen molar-refractivity contribution in [1.29, 1.82) is 0 Å². The molecule has 149 heavy (non-hydrogen) atoms. The van der Waals surface area contributed by atoms with Gasteiger partial charge in [0.15, 0.2) is 11.2 Å². The Kier molecular flexibility index (Phi) is 21.1. The Hall–Kier alpha value is -19.5. The van der Waals surface area contributed by atoms with E-state index in [-0.39, 0.29) is 0 Å². The van der Waals surface area contributed by atoms with E-state index in [0.29, 0.717) is 0 Å². The van der Waals surface area contributed by atoms with Crippen molar-refractivity contribution in [1.82, 2.24) is 0 Å². The molecule has 29 rings (SSSR count). The van der Waals surface area contributed by atoms with Crippen LogP contribution in [0.5, 0.6) is 23.0 Å². The zero-order chi connectivity index (χ0) is 98.8. The number of aryl methyl sites for hydroxylation is 3. The highest BCUT2D eigenvalue weighted by Crippen LogP contribution is 2.58. The molecule has 0 unspecified atom stereocenters. The van der Waals surface area contributed by atoms with E-state index >= 15 is 0 Å². The van der Waals surface area contributed by atoms with Crippen molar-refractivity contribution in [2.75, 3.05) is 19.6 Å². The molecule has 4 heterocycles. The lowest BCUT2D eigenvalue weighted by Gasteiger charge is -2.30. The van der Waals surface area contributed by atoms with E-state index in [1.54, 1.807) is 0 Å². The molecule has 0 aliphatic carbocycles. The summed E-state index contributed by atoms with van der Waals surface area (Å²) in [4.78, 5) is 9.42. The van der Waals surface area contributed by atoms with E-state index in [1.807, 2.05) is 12.1 Å². The van der Waals surface area contributed by atoms with Crippen molar-refractivity contribution in [3.8, 4) is 101 Å². The normalized spacial score (nSPS) is 11.8. The highest BCUT2D eigenvalue weighted by atomic mass is 16.5. The Labute approximate surface area is 862 Å². The second-order valence-corrected chi connectivity index (χ2v) is 38.9. The molecule has 2 aromatic heterocycles. The summed E-state index contributed by atoms with van der Waals surface area (Å²) < 4.78 is 27.5. The summed E-state index contributed by atoms with van der Waals surface area (Å²) in [6.07, 6.45) is 0. The average Bonchev–Trinajstić information content (AvgIpc) is 1.60. The van der Waals surface area contributed by atoms with Gasteiger partial charge in [-0.25, -0.2) is 0 Å². The molecule has 0 saturated heterocycles. The third kappa shape index (κ3) is 14.9. The van der Waals surface area contributed by atoms with Crippen molar-refractivity contribution >= 4 is 177 Å². The number of anilines is 12. The molecule has 0 N–H and O–H groups in total. The molecule has 8 nitrogen and oxygen atoms in total. The molecule has 25 aromatic carbocycles. The molecule has 2 aliphatic heterocycles. The largest absolute Gasteiger partial charge is 0.456 e. The van der Waals surface area contributed by atoms with Gasteiger partial charge in [0.05, 0.1) is 34.1 Å². The van der Waals surface area contributed by atoms with Crippen molar-refractivity contribution in [2.24, 2.45) is 0 Å². The van der Waals surface area contributed by atoms with Crippen molar-refractivity contribution < 1.29 is 18.3 Å². The molecule has 27 aromatic rings. The minimum absolute atomic E-state index is 0.827. The third-order valence-electron chi connectivity index (χ3n) is 30.1. The van der Waals surface area contributed by atoms with Gasteiger partial charge in [-0.05, 0) is 287 Å². The average molecular weight is 1910 g/mol. The first-order valence-electron chi connectivity index (χ1n) is 51.0. The predicted molar refractivity (Wildman–Crippen MR) is 624 cm³/mol. The fourth-order valence-electron chi connectivity index (χ4n) is 23.6. The maximum atomic E-state index is 7.03. The topological polar surface area (TPSA) is 57.7 Å². The van der Waals surface area contributed by atoms with Crippen LogP contribution in [0.4, 0.5) is 68.2 Å². The second kappa shape index (κ2) is 36.1. The lowest BCUT2D eigenvalue weighted by molar-refractivity contribution is 0.487. The summed E-state index contributed by atoms with van der Waals surface area (Å²) in [5.41, 5.74) is 35.8. The molecule has 8 heteroatoms. The van der Waals surface area contributed by atoms with Crippen LogP contribution in [0.3, 0.4) is 0 Å². The van der Waals surface area contributed by atoms with Gasteiger partial charge in [0.25, 0.3) is 0 Å². The van der Waals surface area contributed by atoms with Crippen LogP contribution in [0.2, 0.25) is 0 Å². The Morgan fingerprint density at radius 1 is 0.161 bits per heavy atom. The number of hydrogen-bond acceptors (Lipinski definition) is 8. The van der Waals surface area contributed by atoms with Crippen LogP contribution < -0.4 is 29.1 Å². The van der Waals surface area contributed by atoms with E-state index in [0.717, 1.165) is 201 Å². The zero-order valence-electron chi connectivity index (χ0n) is 82.0. The molecular formula is C141H94N4O4. The molecule has 0 spiro atoms. The van der Waals surface area contributed by atoms with Gasteiger partial charge in [-0.3, -0.25) is 0 Å². The summed E-state index contributed by atoms with van der Waals surface area (Å²) in [5.74, 6) is 3.39. The number of furan rings is 2. The smallest absolute Gasteiger partial charge is 0.159 e. The van der Waals surface area contributed by atoms with Crippen LogP contribution in [0, 0.1) is 20.8 Å². The number of ether oxygens (including phenoxy) is 2. The monoisotopic (exact) mass is 1910 g/mol. The SMILES string of the molecule is Cc1cc(C)c(N(c2ccccc2)c2ccc3c(c2)Oc2cccc4c2c-3cc2c3ccccc3c(-c3ccc(N(c5ccccc5-c5ccccc5)c5cccc6c5oc5ccccc56)cc3)cc42)c(C)c1.c1ccc(-c2ccccc2N(c2ccccc2)c2ccc3c(c2)Oc2cccc4c2c-3cc2c3ccccc3c(-c3ccc(N(c5ccccc5-c5ccccc5)c5cccc6c5oc5ccccc56)cc3)cc42)cc1. The van der Waals surface area contributed by atoms with Gasteiger partial charge in [0.1, 0.15) is 34.2 Å². The maximum Gasteiger partial charge on any atom is 0.159 e. The maximum absolute atomic E-state index is 7.03. The van der Waals surface area contributed by atoms with Gasteiger partial charge < -0.3 is 37.9 Å². The number of fused-ring (bicyclic) bond motifs is 18. The minimum Gasteiger partial charge on any atom is -0.456 e. The fraction of sp³-hybridized carbons (Fsp3) is 0.0213. The number of benzene rings is 25. The van der Waals surface area contributed by atoms with Crippen molar-refractivity contribution in [3.05, 3.63) is 532 Å². The zero-order valence-corrected chi connectivity index (χ0v) is 82.0. The molecule has 0 radical (unpaired) electrons. The number of rotatable bonds is 17. The van der Waals surface area contributed by atoms with Crippen molar-refractivity contribution in [3.63, 3.8) is 0 Å². The van der Waals surface area contributed by atoms with E-state index in [1.165, 1.54) is 93.1 Å². The fourth-order valence-corrected chi connectivity index (χ4v) is 23.6. The van der Waals surface area contributed by atoms with E-state index in [4.69, 9.17) is 18.3 Å². The Morgan fingerprint density at radius 3 is 0.879 bits per heavy atom. The van der Waals surface area contributed by atoms with Gasteiger partial charge in [-0.1, -0.05) is 357 Å². The first-order valence-corrected chi connectivity index (χ1v) is 51.0.